The van der Waals surface area contributed by atoms with E-state index in [1.807, 2.05) is 30.3 Å². The molecule has 1 heterocycles. The molecule has 156 valence electrons. The number of hydrogen-bond acceptors (Lipinski definition) is 5. The first-order chi connectivity index (χ1) is 14.6. The van der Waals surface area contributed by atoms with Crippen molar-refractivity contribution >= 4 is 15.9 Å². The number of rotatable bonds is 8. The predicted octanol–water partition coefficient (Wildman–Crippen LogP) is 5.36. The van der Waals surface area contributed by atoms with Gasteiger partial charge in [-0.15, -0.1) is 0 Å². The molecule has 0 atom stereocenters. The minimum Gasteiger partial charge on any atom is -0.493 e. The van der Waals surface area contributed by atoms with E-state index in [0.717, 1.165) is 38.4 Å². The summed E-state index contributed by atoms with van der Waals surface area (Å²) in [5.41, 5.74) is 4.48. The van der Waals surface area contributed by atoms with Crippen molar-refractivity contribution in [3.63, 3.8) is 0 Å². The van der Waals surface area contributed by atoms with Gasteiger partial charge in [-0.25, -0.2) is 0 Å². The van der Waals surface area contributed by atoms with Crippen LogP contribution in [0.1, 0.15) is 22.3 Å². The molecule has 1 aliphatic heterocycles. The van der Waals surface area contributed by atoms with E-state index in [1.54, 1.807) is 7.11 Å². The number of fused-ring (bicyclic) bond motifs is 1. The van der Waals surface area contributed by atoms with Crippen molar-refractivity contribution in [2.75, 3.05) is 13.9 Å². The molecule has 1 aliphatic rings. The number of benzene rings is 3. The summed E-state index contributed by atoms with van der Waals surface area (Å²) in [7, 11) is 1.66. The maximum Gasteiger partial charge on any atom is 0.231 e. The van der Waals surface area contributed by atoms with Gasteiger partial charge in [-0.05, 0) is 42.3 Å². The van der Waals surface area contributed by atoms with Crippen LogP contribution in [0.2, 0.25) is 0 Å². The molecule has 3 aromatic rings. The minimum atomic E-state index is 0.282. The Hall–Kier alpha value is -2.70. The summed E-state index contributed by atoms with van der Waals surface area (Å²) in [6.07, 6.45) is 0. The second kappa shape index (κ2) is 9.41. The van der Waals surface area contributed by atoms with Crippen molar-refractivity contribution in [2.24, 2.45) is 0 Å². The van der Waals surface area contributed by atoms with E-state index >= 15 is 0 Å². The molecule has 5 nitrogen and oxygen atoms in total. The van der Waals surface area contributed by atoms with Gasteiger partial charge in [-0.3, -0.25) is 0 Å². The lowest BCUT2D eigenvalue weighted by Gasteiger charge is -2.17. The molecule has 0 bridgehead atoms. The van der Waals surface area contributed by atoms with Crippen LogP contribution < -0.4 is 24.3 Å². The Morgan fingerprint density at radius 3 is 2.50 bits per heavy atom. The fraction of sp³-hybridized carbons (Fsp3) is 0.250. The van der Waals surface area contributed by atoms with Crippen molar-refractivity contribution in [2.45, 2.75) is 26.6 Å². The molecular weight excluding hydrogens is 446 g/mol. The fourth-order valence-corrected chi connectivity index (χ4v) is 3.74. The number of methoxy groups -OCH3 is 1. The second-order valence-electron chi connectivity index (χ2n) is 7.12. The van der Waals surface area contributed by atoms with Gasteiger partial charge in [0.15, 0.2) is 23.0 Å². The van der Waals surface area contributed by atoms with Gasteiger partial charge >= 0.3 is 0 Å². The number of nitrogens with one attached hydrogen (secondary N) is 1. The third-order valence-electron chi connectivity index (χ3n) is 4.96. The molecule has 30 heavy (non-hydrogen) atoms. The highest BCUT2D eigenvalue weighted by molar-refractivity contribution is 9.10. The second-order valence-corrected chi connectivity index (χ2v) is 7.98. The Bertz CT molecular complexity index is 1020. The zero-order valence-electron chi connectivity index (χ0n) is 17.0. The standard InChI is InChI=1S/C24H24BrNO4/c1-16-3-5-17(6-4-16)14-28-24-19(20(25)8-10-22(24)27-2)13-26-12-18-7-9-21-23(11-18)30-15-29-21/h3-11,26H,12-15H2,1-2H3. The van der Waals surface area contributed by atoms with Gasteiger partial charge < -0.3 is 24.3 Å². The van der Waals surface area contributed by atoms with Gasteiger partial charge in [0.05, 0.1) is 7.11 Å². The molecule has 4 rings (SSSR count). The highest BCUT2D eigenvalue weighted by Gasteiger charge is 2.16. The molecule has 0 radical (unpaired) electrons. The van der Waals surface area contributed by atoms with E-state index in [4.69, 9.17) is 18.9 Å². The smallest absolute Gasteiger partial charge is 0.231 e. The Morgan fingerprint density at radius 2 is 1.70 bits per heavy atom. The summed E-state index contributed by atoms with van der Waals surface area (Å²) in [6.45, 7) is 4.14. The molecule has 0 spiro atoms. The summed E-state index contributed by atoms with van der Waals surface area (Å²) in [5, 5.41) is 3.49. The largest absolute Gasteiger partial charge is 0.493 e. The first-order valence-corrected chi connectivity index (χ1v) is 10.6. The van der Waals surface area contributed by atoms with Crippen molar-refractivity contribution in [3.05, 3.63) is 81.3 Å². The summed E-state index contributed by atoms with van der Waals surface area (Å²) in [5.74, 6) is 3.04. The highest BCUT2D eigenvalue weighted by Crippen LogP contribution is 2.37. The fourth-order valence-electron chi connectivity index (χ4n) is 3.29. The lowest BCUT2D eigenvalue weighted by Crippen LogP contribution is -2.14. The lowest BCUT2D eigenvalue weighted by atomic mass is 10.1. The molecule has 1 N–H and O–H groups in total. The van der Waals surface area contributed by atoms with E-state index < -0.39 is 0 Å². The SMILES string of the molecule is COc1ccc(Br)c(CNCc2ccc3c(c2)OCO3)c1OCc1ccc(C)cc1. The third-order valence-corrected chi connectivity index (χ3v) is 5.70. The Labute approximate surface area is 185 Å². The van der Waals surface area contributed by atoms with Crippen LogP contribution in [0.15, 0.2) is 59.1 Å². The molecule has 0 unspecified atom stereocenters. The van der Waals surface area contributed by atoms with E-state index in [2.05, 4.69) is 52.4 Å². The lowest BCUT2D eigenvalue weighted by molar-refractivity contribution is 0.174. The molecule has 6 heteroatoms. The van der Waals surface area contributed by atoms with Crippen LogP contribution in [0.25, 0.3) is 0 Å². The quantitative estimate of drug-likeness (QED) is 0.480. The average molecular weight is 470 g/mol. The molecule has 0 fully saturated rings. The highest BCUT2D eigenvalue weighted by atomic mass is 79.9. The number of ether oxygens (including phenoxy) is 4. The molecule has 3 aromatic carbocycles. The molecule has 0 saturated carbocycles. The van der Waals surface area contributed by atoms with E-state index in [-0.39, 0.29) is 6.79 Å². The van der Waals surface area contributed by atoms with Crippen LogP contribution in [-0.4, -0.2) is 13.9 Å². The Kier molecular flexibility index (Phi) is 6.45. The van der Waals surface area contributed by atoms with Gasteiger partial charge in [-0.2, -0.15) is 0 Å². The van der Waals surface area contributed by atoms with Gasteiger partial charge in [0.25, 0.3) is 0 Å². The topological polar surface area (TPSA) is 49.0 Å². The first-order valence-electron chi connectivity index (χ1n) is 9.77. The summed E-state index contributed by atoms with van der Waals surface area (Å²) in [4.78, 5) is 0. The Balaban J connectivity index is 1.46. The van der Waals surface area contributed by atoms with Crippen LogP contribution in [-0.2, 0) is 19.7 Å². The molecule has 0 aromatic heterocycles. The Morgan fingerprint density at radius 1 is 0.933 bits per heavy atom. The van der Waals surface area contributed by atoms with Crippen LogP contribution >= 0.6 is 15.9 Å². The molecule has 0 amide bonds. The molecule has 0 saturated heterocycles. The number of halogens is 1. The van der Waals surface area contributed by atoms with Gasteiger partial charge in [0, 0.05) is 23.1 Å². The number of hydrogen-bond donors (Lipinski definition) is 1. The van der Waals surface area contributed by atoms with Crippen LogP contribution in [0.4, 0.5) is 0 Å². The molecule has 0 aliphatic carbocycles. The predicted molar refractivity (Wildman–Crippen MR) is 119 cm³/mol. The summed E-state index contributed by atoms with van der Waals surface area (Å²) in [6, 6.07) is 18.2. The first kappa shape index (κ1) is 20.6. The van der Waals surface area contributed by atoms with Crippen molar-refractivity contribution < 1.29 is 18.9 Å². The van der Waals surface area contributed by atoms with Crippen molar-refractivity contribution in [1.82, 2.24) is 5.32 Å². The summed E-state index contributed by atoms with van der Waals surface area (Å²) < 4.78 is 23.6. The number of aryl methyl sites for hydroxylation is 1. The van der Waals surface area contributed by atoms with Crippen LogP contribution in [0.5, 0.6) is 23.0 Å². The summed E-state index contributed by atoms with van der Waals surface area (Å²) >= 11 is 3.66. The van der Waals surface area contributed by atoms with Crippen molar-refractivity contribution in [1.29, 1.82) is 0 Å². The minimum absolute atomic E-state index is 0.282. The van der Waals surface area contributed by atoms with E-state index in [1.165, 1.54) is 5.56 Å². The van der Waals surface area contributed by atoms with E-state index in [0.29, 0.717) is 25.4 Å². The van der Waals surface area contributed by atoms with Crippen LogP contribution in [0, 0.1) is 6.92 Å². The zero-order valence-corrected chi connectivity index (χ0v) is 18.6. The zero-order chi connectivity index (χ0) is 20.9. The van der Waals surface area contributed by atoms with Crippen LogP contribution in [0.3, 0.4) is 0 Å². The van der Waals surface area contributed by atoms with Crippen molar-refractivity contribution in [3.8, 4) is 23.0 Å². The van der Waals surface area contributed by atoms with Gasteiger partial charge in [0.2, 0.25) is 6.79 Å². The monoisotopic (exact) mass is 469 g/mol. The average Bonchev–Trinajstić information content (AvgIpc) is 3.23. The molecular formula is C24H24BrNO4. The van der Waals surface area contributed by atoms with Gasteiger partial charge in [-0.1, -0.05) is 51.8 Å². The normalized spacial score (nSPS) is 12.1. The van der Waals surface area contributed by atoms with Gasteiger partial charge in [0.1, 0.15) is 6.61 Å². The maximum absolute atomic E-state index is 6.20. The maximum atomic E-state index is 6.20. The van der Waals surface area contributed by atoms with E-state index in [9.17, 15) is 0 Å². The third kappa shape index (κ3) is 4.71.